The molecule has 31 heavy (non-hydrogen) atoms. The van der Waals surface area contributed by atoms with E-state index in [0.29, 0.717) is 41.6 Å². The van der Waals surface area contributed by atoms with Gasteiger partial charge < -0.3 is 21.1 Å². The number of pyridine rings is 1. The largest absolute Gasteiger partial charge is 0.439 e. The first kappa shape index (κ1) is 22.4. The van der Waals surface area contributed by atoms with E-state index >= 15 is 0 Å². The van der Waals surface area contributed by atoms with Crippen LogP contribution in [0.5, 0.6) is 11.6 Å². The summed E-state index contributed by atoms with van der Waals surface area (Å²) in [6.07, 6.45) is 4.91. The van der Waals surface area contributed by atoms with Gasteiger partial charge in [0.2, 0.25) is 11.8 Å². The van der Waals surface area contributed by atoms with E-state index in [1.54, 1.807) is 30.3 Å². The molecular formula is C23H32N6O2. The summed E-state index contributed by atoms with van der Waals surface area (Å²) in [6.45, 7) is 5.52. The minimum absolute atomic E-state index is 0.279. The predicted octanol–water partition coefficient (Wildman–Crippen LogP) is 4.18. The maximum atomic E-state index is 12.0. The Morgan fingerprint density at radius 2 is 1.87 bits per heavy atom. The first-order valence-electron chi connectivity index (χ1n) is 10.9. The number of nitrogens with two attached hydrogens (primary N) is 1. The zero-order valence-corrected chi connectivity index (χ0v) is 18.2. The topological polar surface area (TPSA) is 114 Å². The van der Waals surface area contributed by atoms with Crippen LogP contribution < -0.4 is 26.4 Å². The molecule has 1 aromatic heterocycles. The average molecular weight is 425 g/mol. The fourth-order valence-corrected chi connectivity index (χ4v) is 3.52. The minimum atomic E-state index is -0.279. The van der Waals surface area contributed by atoms with E-state index in [-0.39, 0.29) is 6.03 Å². The first-order valence-corrected chi connectivity index (χ1v) is 10.9. The molecule has 0 atom stereocenters. The highest BCUT2D eigenvalue weighted by atomic mass is 16.5. The third-order valence-corrected chi connectivity index (χ3v) is 5.31. The molecule has 0 spiro atoms. The van der Waals surface area contributed by atoms with Crippen LogP contribution in [0, 0.1) is 11.8 Å². The molecule has 1 fully saturated rings. The van der Waals surface area contributed by atoms with Gasteiger partial charge in [-0.2, -0.15) is 4.98 Å². The zero-order chi connectivity index (χ0) is 22.1. The van der Waals surface area contributed by atoms with Crippen LogP contribution in [0.3, 0.4) is 0 Å². The van der Waals surface area contributed by atoms with Gasteiger partial charge in [0.05, 0.1) is 5.69 Å². The van der Waals surface area contributed by atoms with Crippen LogP contribution in [0.2, 0.25) is 0 Å². The number of hydrogen-bond acceptors (Lipinski definition) is 5. The highest BCUT2D eigenvalue weighted by Crippen LogP contribution is 2.28. The molecule has 8 heteroatoms. The van der Waals surface area contributed by atoms with Gasteiger partial charge in [0.25, 0.3) is 0 Å². The number of anilines is 1. The van der Waals surface area contributed by atoms with Crippen LogP contribution in [0.4, 0.5) is 16.3 Å². The maximum Gasteiger partial charge on any atom is 0.321 e. The molecule has 1 aliphatic rings. The number of amides is 2. The van der Waals surface area contributed by atoms with E-state index < -0.39 is 0 Å². The van der Waals surface area contributed by atoms with Crippen molar-refractivity contribution in [2.24, 2.45) is 16.8 Å². The molecule has 3 rings (SSSR count). The van der Waals surface area contributed by atoms with Crippen molar-refractivity contribution in [2.45, 2.75) is 39.5 Å². The maximum absolute atomic E-state index is 12.0. The molecule has 8 nitrogen and oxygen atoms in total. The smallest absolute Gasteiger partial charge is 0.321 e. The second-order valence-electron chi connectivity index (χ2n) is 7.95. The van der Waals surface area contributed by atoms with Crippen molar-refractivity contribution in [1.82, 2.24) is 20.9 Å². The standard InChI is InChI=1S/C23H32N6O2/c1-3-25-23(30)29-22(26-15-17-9-7-16(2)8-10-17)27-18-11-13-19(14-12-18)31-21-6-4-5-20(24)28-21/h4-6,11-14,16-17H,3,7-10,15H2,1-2H3,(H2,24,28)(H3,25,26,27,29,30)/t16-,17-. The van der Waals surface area contributed by atoms with Gasteiger partial charge in [-0.1, -0.05) is 25.8 Å². The summed E-state index contributed by atoms with van der Waals surface area (Å²) in [5, 5.41) is 8.87. The molecule has 1 aliphatic carbocycles. The van der Waals surface area contributed by atoms with Gasteiger partial charge in [-0.05, 0) is 61.9 Å². The summed E-state index contributed by atoms with van der Waals surface area (Å²) < 4.78 is 5.72. The number of carbonyl (C=O) groups excluding carboxylic acids is 1. The molecule has 1 heterocycles. The quantitative estimate of drug-likeness (QED) is 0.410. The lowest BCUT2D eigenvalue weighted by molar-refractivity contribution is 0.245. The summed E-state index contributed by atoms with van der Waals surface area (Å²) in [5.41, 5.74) is 6.38. The number of aliphatic imine (C=N–C) groups is 1. The Bertz CT molecular complexity index is 876. The van der Waals surface area contributed by atoms with Crippen LogP contribution in [0.25, 0.3) is 0 Å². The number of carbonyl (C=O) groups is 1. The monoisotopic (exact) mass is 424 g/mol. The molecule has 1 saturated carbocycles. The number of nitrogens with zero attached hydrogens (tertiary/aromatic N) is 2. The van der Waals surface area contributed by atoms with E-state index in [0.717, 1.165) is 12.5 Å². The molecule has 0 saturated heterocycles. The normalized spacial score (nSPS) is 18.8. The number of urea groups is 1. The number of hydrogen-bond donors (Lipinski definition) is 4. The molecule has 0 radical (unpaired) electrons. The Labute approximate surface area is 183 Å². The highest BCUT2D eigenvalue weighted by Gasteiger charge is 2.18. The molecule has 5 N–H and O–H groups in total. The fraction of sp³-hybridized carbons (Fsp3) is 0.435. The van der Waals surface area contributed by atoms with E-state index in [1.165, 1.54) is 25.7 Å². The van der Waals surface area contributed by atoms with Gasteiger partial charge in [0.1, 0.15) is 11.6 Å². The summed E-state index contributed by atoms with van der Waals surface area (Å²) in [6, 6.07) is 12.2. The second kappa shape index (κ2) is 11.2. The van der Waals surface area contributed by atoms with Gasteiger partial charge in [-0.3, -0.25) is 5.32 Å². The van der Waals surface area contributed by atoms with Crippen molar-refractivity contribution in [3.8, 4) is 11.6 Å². The summed E-state index contributed by atoms with van der Waals surface area (Å²) >= 11 is 0. The number of rotatable bonds is 6. The Kier molecular flexibility index (Phi) is 8.09. The van der Waals surface area contributed by atoms with Gasteiger partial charge in [-0.25, -0.2) is 9.79 Å². The number of benzene rings is 1. The Morgan fingerprint density at radius 1 is 1.13 bits per heavy atom. The lowest BCUT2D eigenvalue weighted by Gasteiger charge is -2.26. The van der Waals surface area contributed by atoms with Crippen molar-refractivity contribution >= 4 is 23.5 Å². The lowest BCUT2D eigenvalue weighted by Crippen LogP contribution is -2.47. The second-order valence-corrected chi connectivity index (χ2v) is 7.95. The van der Waals surface area contributed by atoms with E-state index in [4.69, 9.17) is 10.5 Å². The number of nitrogens with one attached hydrogen (secondary N) is 3. The van der Waals surface area contributed by atoms with Gasteiger partial charge in [0.15, 0.2) is 0 Å². The third kappa shape index (κ3) is 7.47. The number of guanidine groups is 1. The average Bonchev–Trinajstić information content (AvgIpc) is 2.75. The van der Waals surface area contributed by atoms with Gasteiger partial charge in [0, 0.05) is 19.2 Å². The van der Waals surface area contributed by atoms with E-state index in [1.807, 2.05) is 19.1 Å². The summed E-state index contributed by atoms with van der Waals surface area (Å²) in [4.78, 5) is 20.8. The molecular weight excluding hydrogens is 392 g/mol. The van der Waals surface area contributed by atoms with Crippen molar-refractivity contribution in [3.05, 3.63) is 42.5 Å². The zero-order valence-electron chi connectivity index (χ0n) is 18.2. The molecule has 1 aromatic carbocycles. The molecule has 0 unspecified atom stereocenters. The number of ether oxygens (including phenoxy) is 1. The molecule has 166 valence electrons. The van der Waals surface area contributed by atoms with Crippen LogP contribution in [0.15, 0.2) is 47.5 Å². The van der Waals surface area contributed by atoms with Crippen molar-refractivity contribution < 1.29 is 9.53 Å². The molecule has 0 bridgehead atoms. The Balaban J connectivity index is 1.65. The molecule has 2 amide bonds. The van der Waals surface area contributed by atoms with Gasteiger partial charge in [-0.15, -0.1) is 0 Å². The van der Waals surface area contributed by atoms with Gasteiger partial charge >= 0.3 is 6.03 Å². The molecule has 2 aromatic rings. The highest BCUT2D eigenvalue weighted by molar-refractivity contribution is 5.97. The van der Waals surface area contributed by atoms with E-state index in [9.17, 15) is 4.79 Å². The van der Waals surface area contributed by atoms with Crippen LogP contribution in [-0.2, 0) is 0 Å². The first-order chi connectivity index (χ1) is 15.0. The Hall–Kier alpha value is -3.29. The minimum Gasteiger partial charge on any atom is -0.439 e. The predicted molar refractivity (Wildman–Crippen MR) is 124 cm³/mol. The lowest BCUT2D eigenvalue weighted by atomic mass is 9.83. The summed E-state index contributed by atoms with van der Waals surface area (Å²) in [7, 11) is 0. The van der Waals surface area contributed by atoms with E-state index in [2.05, 4.69) is 32.9 Å². The van der Waals surface area contributed by atoms with Crippen molar-refractivity contribution in [3.63, 3.8) is 0 Å². The molecule has 0 aliphatic heterocycles. The summed E-state index contributed by atoms with van der Waals surface area (Å²) in [5.74, 6) is 3.30. The van der Waals surface area contributed by atoms with Crippen molar-refractivity contribution in [2.75, 3.05) is 18.8 Å². The Morgan fingerprint density at radius 3 is 2.55 bits per heavy atom. The third-order valence-electron chi connectivity index (χ3n) is 5.31. The number of nitrogen functional groups attached to an aromatic ring is 1. The fourth-order valence-electron chi connectivity index (χ4n) is 3.52. The van der Waals surface area contributed by atoms with Crippen LogP contribution in [0.1, 0.15) is 39.5 Å². The number of aromatic nitrogens is 1. The van der Waals surface area contributed by atoms with Crippen LogP contribution >= 0.6 is 0 Å². The SMILES string of the molecule is CCNC(=O)N/C(=N\c1ccc(Oc2cccc(N)n2)cc1)NC[C@H]1CC[C@H](C)CC1. The van der Waals surface area contributed by atoms with Crippen molar-refractivity contribution in [1.29, 1.82) is 0 Å². The van der Waals surface area contributed by atoms with Crippen LogP contribution in [-0.4, -0.2) is 30.1 Å².